The third-order valence-corrected chi connectivity index (χ3v) is 1.89. The van der Waals surface area contributed by atoms with Gasteiger partial charge in [0.15, 0.2) is 0 Å². The number of alkyl halides is 4. The van der Waals surface area contributed by atoms with Crippen molar-refractivity contribution in [3.8, 4) is 0 Å². The monoisotopic (exact) mass is 214 g/mol. The van der Waals surface area contributed by atoms with Crippen molar-refractivity contribution in [2.24, 2.45) is 0 Å². The van der Waals surface area contributed by atoms with Gasteiger partial charge in [-0.3, -0.25) is 4.79 Å². The molecule has 2 unspecified atom stereocenters. The van der Waals surface area contributed by atoms with E-state index in [0.717, 1.165) is 0 Å². The summed E-state index contributed by atoms with van der Waals surface area (Å²) in [7, 11) is 0. The minimum atomic E-state index is -4.90. The Kier molecular flexibility index (Phi) is 3.30. The molecule has 1 fully saturated rings. The summed E-state index contributed by atoms with van der Waals surface area (Å²) in [6.07, 6.45) is -6.18. The number of hydrogen-bond donors (Lipinski definition) is 2. The first-order valence-electron chi connectivity index (χ1n) is 4.12. The van der Waals surface area contributed by atoms with E-state index in [-0.39, 0.29) is 19.5 Å². The second kappa shape index (κ2) is 4.12. The Labute approximate surface area is 77.8 Å². The normalized spacial score (nSPS) is 28.6. The molecule has 14 heavy (non-hydrogen) atoms. The van der Waals surface area contributed by atoms with Crippen LogP contribution >= 0.6 is 0 Å². The molecule has 1 rings (SSSR count). The quantitative estimate of drug-likeness (QED) is 0.619. The topological polar surface area (TPSA) is 41.1 Å². The number of rotatable bonds is 1. The summed E-state index contributed by atoms with van der Waals surface area (Å²) in [5, 5.41) is 4.31. The molecule has 1 saturated heterocycles. The SMILES string of the molecule is O=C(NC1CNCC(F)C1)C(F)(F)F. The van der Waals surface area contributed by atoms with E-state index in [1.165, 1.54) is 0 Å². The number of piperidine rings is 1. The summed E-state index contributed by atoms with van der Waals surface area (Å²) in [5.74, 6) is -2.02. The number of hydrogen-bond acceptors (Lipinski definition) is 2. The first-order valence-corrected chi connectivity index (χ1v) is 4.12. The van der Waals surface area contributed by atoms with Crippen LogP contribution < -0.4 is 10.6 Å². The third-order valence-electron chi connectivity index (χ3n) is 1.89. The molecule has 82 valence electrons. The van der Waals surface area contributed by atoms with Crippen molar-refractivity contribution in [1.29, 1.82) is 0 Å². The maximum Gasteiger partial charge on any atom is 0.471 e. The van der Waals surface area contributed by atoms with Gasteiger partial charge in [-0.1, -0.05) is 0 Å². The van der Waals surface area contributed by atoms with Gasteiger partial charge in [0.05, 0.1) is 0 Å². The summed E-state index contributed by atoms with van der Waals surface area (Å²) in [5.41, 5.74) is 0. The maximum atomic E-state index is 12.7. The van der Waals surface area contributed by atoms with E-state index >= 15 is 0 Å². The predicted octanol–water partition coefficient (Wildman–Crippen LogP) is 0.365. The van der Waals surface area contributed by atoms with Gasteiger partial charge in [-0.25, -0.2) is 4.39 Å². The minimum absolute atomic E-state index is 0.0746. The van der Waals surface area contributed by atoms with Crippen molar-refractivity contribution in [3.05, 3.63) is 0 Å². The van der Waals surface area contributed by atoms with Crippen LogP contribution in [0.15, 0.2) is 0 Å². The van der Waals surface area contributed by atoms with Gasteiger partial charge in [0.2, 0.25) is 0 Å². The number of carbonyl (C=O) groups is 1. The zero-order valence-electron chi connectivity index (χ0n) is 7.20. The minimum Gasteiger partial charge on any atom is -0.344 e. The van der Waals surface area contributed by atoms with E-state index in [1.807, 2.05) is 0 Å². The molecule has 1 aliphatic rings. The zero-order valence-corrected chi connectivity index (χ0v) is 7.20. The van der Waals surface area contributed by atoms with E-state index in [0.29, 0.717) is 0 Å². The van der Waals surface area contributed by atoms with Crippen LogP contribution in [0.25, 0.3) is 0 Å². The van der Waals surface area contributed by atoms with E-state index in [2.05, 4.69) is 5.32 Å². The van der Waals surface area contributed by atoms with Gasteiger partial charge in [-0.2, -0.15) is 13.2 Å². The summed E-state index contributed by atoms with van der Waals surface area (Å²) >= 11 is 0. The van der Waals surface area contributed by atoms with Gasteiger partial charge in [-0.05, 0) is 0 Å². The lowest BCUT2D eigenvalue weighted by molar-refractivity contribution is -0.174. The molecule has 0 bridgehead atoms. The smallest absolute Gasteiger partial charge is 0.344 e. The highest BCUT2D eigenvalue weighted by Crippen LogP contribution is 2.15. The molecular formula is C7H10F4N2O. The Balaban J connectivity index is 2.40. The lowest BCUT2D eigenvalue weighted by atomic mass is 10.1. The van der Waals surface area contributed by atoms with Crippen LogP contribution in [0.5, 0.6) is 0 Å². The fourth-order valence-electron chi connectivity index (χ4n) is 1.27. The number of nitrogens with one attached hydrogen (secondary N) is 2. The Morgan fingerprint density at radius 2 is 2.00 bits per heavy atom. The first kappa shape index (κ1) is 11.2. The van der Waals surface area contributed by atoms with Crippen LogP contribution in [-0.2, 0) is 4.79 Å². The molecule has 0 spiro atoms. The summed E-state index contributed by atoms with van der Waals surface area (Å²) in [6, 6.07) is -0.784. The van der Waals surface area contributed by atoms with Gasteiger partial charge in [0.1, 0.15) is 6.17 Å². The van der Waals surface area contributed by atoms with E-state index < -0.39 is 24.3 Å². The van der Waals surface area contributed by atoms with Crippen molar-refractivity contribution in [2.45, 2.75) is 24.8 Å². The summed E-state index contributed by atoms with van der Waals surface area (Å²) in [4.78, 5) is 10.5. The van der Waals surface area contributed by atoms with Crippen molar-refractivity contribution in [2.75, 3.05) is 13.1 Å². The van der Waals surface area contributed by atoms with Crippen LogP contribution in [0.4, 0.5) is 17.6 Å². The van der Waals surface area contributed by atoms with Crippen molar-refractivity contribution >= 4 is 5.91 Å². The largest absolute Gasteiger partial charge is 0.471 e. The molecule has 1 amide bonds. The van der Waals surface area contributed by atoms with Crippen LogP contribution in [0.2, 0.25) is 0 Å². The predicted molar refractivity (Wildman–Crippen MR) is 40.4 cm³/mol. The molecule has 0 aromatic heterocycles. The van der Waals surface area contributed by atoms with Crippen molar-refractivity contribution in [3.63, 3.8) is 0 Å². The van der Waals surface area contributed by atoms with Crippen LogP contribution in [-0.4, -0.2) is 37.4 Å². The molecule has 1 heterocycles. The standard InChI is InChI=1S/C7H10F4N2O/c8-4-1-5(3-12-2-4)13-6(14)7(9,10)11/h4-5,12H,1-3H2,(H,13,14). The van der Waals surface area contributed by atoms with Crippen molar-refractivity contribution in [1.82, 2.24) is 10.6 Å². The molecular weight excluding hydrogens is 204 g/mol. The lowest BCUT2D eigenvalue weighted by Crippen LogP contribution is -2.52. The molecule has 1 aliphatic heterocycles. The Hall–Kier alpha value is -0.850. The summed E-state index contributed by atoms with van der Waals surface area (Å²) < 4.78 is 48.0. The highest BCUT2D eigenvalue weighted by Gasteiger charge is 2.40. The average molecular weight is 214 g/mol. The molecule has 0 aromatic carbocycles. The third kappa shape index (κ3) is 3.13. The van der Waals surface area contributed by atoms with Crippen LogP contribution in [0.1, 0.15) is 6.42 Å². The molecule has 0 aliphatic carbocycles. The molecule has 0 radical (unpaired) electrons. The van der Waals surface area contributed by atoms with E-state index in [1.54, 1.807) is 5.32 Å². The van der Waals surface area contributed by atoms with E-state index in [4.69, 9.17) is 0 Å². The number of halogens is 4. The lowest BCUT2D eigenvalue weighted by Gasteiger charge is -2.26. The zero-order chi connectivity index (χ0) is 10.8. The molecule has 2 N–H and O–H groups in total. The van der Waals surface area contributed by atoms with Gasteiger partial charge < -0.3 is 10.6 Å². The highest BCUT2D eigenvalue weighted by atomic mass is 19.4. The molecule has 2 atom stereocenters. The Morgan fingerprint density at radius 3 is 2.50 bits per heavy atom. The highest BCUT2D eigenvalue weighted by molar-refractivity contribution is 5.81. The first-order chi connectivity index (χ1) is 6.39. The summed E-state index contributed by atoms with van der Waals surface area (Å²) in [6.45, 7) is 0.292. The van der Waals surface area contributed by atoms with Gasteiger partial charge in [0, 0.05) is 25.6 Å². The van der Waals surface area contributed by atoms with Gasteiger partial charge in [-0.15, -0.1) is 0 Å². The van der Waals surface area contributed by atoms with Gasteiger partial charge >= 0.3 is 12.1 Å². The Morgan fingerprint density at radius 1 is 1.36 bits per heavy atom. The maximum absolute atomic E-state index is 12.7. The second-order valence-corrected chi connectivity index (χ2v) is 3.16. The molecule has 0 saturated carbocycles. The fourth-order valence-corrected chi connectivity index (χ4v) is 1.27. The van der Waals surface area contributed by atoms with Crippen LogP contribution in [0.3, 0.4) is 0 Å². The molecule has 3 nitrogen and oxygen atoms in total. The average Bonchev–Trinajstić information content (AvgIpc) is 2.02. The molecule has 0 aromatic rings. The Bertz CT molecular complexity index is 218. The van der Waals surface area contributed by atoms with E-state index in [9.17, 15) is 22.4 Å². The number of amides is 1. The van der Waals surface area contributed by atoms with Crippen LogP contribution in [0, 0.1) is 0 Å². The van der Waals surface area contributed by atoms with Crippen molar-refractivity contribution < 1.29 is 22.4 Å². The molecule has 7 heteroatoms. The van der Waals surface area contributed by atoms with Gasteiger partial charge in [0.25, 0.3) is 0 Å². The fraction of sp³-hybridized carbons (Fsp3) is 0.857. The number of carbonyl (C=O) groups excluding carboxylic acids is 1. The second-order valence-electron chi connectivity index (χ2n) is 3.16.